The maximum Gasteiger partial charge on any atom is 0.333 e. The SMILES string of the molecule is C=C(C)C(=O)OCC(=O)c1cc2cc(Br)ccc2o1. The molecule has 0 unspecified atom stereocenters. The van der Waals surface area contributed by atoms with Crippen molar-refractivity contribution in [1.29, 1.82) is 0 Å². The number of hydrogen-bond acceptors (Lipinski definition) is 4. The molecule has 2 rings (SSSR count). The second-order valence-electron chi connectivity index (χ2n) is 4.07. The van der Waals surface area contributed by atoms with Gasteiger partial charge in [0.15, 0.2) is 12.4 Å². The molecule has 0 radical (unpaired) electrons. The smallest absolute Gasteiger partial charge is 0.333 e. The van der Waals surface area contributed by atoms with Crippen molar-refractivity contribution in [2.24, 2.45) is 0 Å². The Morgan fingerprint density at radius 3 is 2.79 bits per heavy atom. The van der Waals surface area contributed by atoms with Crippen molar-refractivity contribution in [3.8, 4) is 0 Å². The summed E-state index contributed by atoms with van der Waals surface area (Å²) in [6.45, 7) is 4.60. The quantitative estimate of drug-likeness (QED) is 0.491. The van der Waals surface area contributed by atoms with Crippen molar-refractivity contribution in [3.63, 3.8) is 0 Å². The molecule has 1 aromatic carbocycles. The van der Waals surface area contributed by atoms with Gasteiger partial charge in [-0.15, -0.1) is 0 Å². The van der Waals surface area contributed by atoms with Gasteiger partial charge < -0.3 is 9.15 Å². The lowest BCUT2D eigenvalue weighted by Crippen LogP contribution is -2.13. The van der Waals surface area contributed by atoms with E-state index < -0.39 is 5.97 Å². The summed E-state index contributed by atoms with van der Waals surface area (Å²) in [4.78, 5) is 23.0. The lowest BCUT2D eigenvalue weighted by molar-refractivity contribution is -0.137. The Balaban J connectivity index is 2.13. The number of carbonyl (C=O) groups excluding carboxylic acids is 2. The standard InChI is InChI=1S/C14H11BrO4/c1-8(2)14(17)18-7-11(16)13-6-9-5-10(15)3-4-12(9)19-13/h3-6H,1,7H2,2H3. The maximum absolute atomic E-state index is 11.8. The summed E-state index contributed by atoms with van der Waals surface area (Å²) in [5.41, 5.74) is 0.860. The third-order valence-corrected chi connectivity index (χ3v) is 2.93. The predicted molar refractivity (Wildman–Crippen MR) is 74.0 cm³/mol. The molecule has 1 aromatic heterocycles. The highest BCUT2D eigenvalue weighted by Gasteiger charge is 2.15. The number of rotatable bonds is 4. The van der Waals surface area contributed by atoms with Gasteiger partial charge in [0.05, 0.1) is 0 Å². The van der Waals surface area contributed by atoms with Crippen LogP contribution in [0.1, 0.15) is 17.5 Å². The van der Waals surface area contributed by atoms with Gasteiger partial charge in [-0.2, -0.15) is 0 Å². The highest BCUT2D eigenvalue weighted by Crippen LogP contribution is 2.23. The highest BCUT2D eigenvalue weighted by atomic mass is 79.9. The average Bonchev–Trinajstić information content (AvgIpc) is 2.78. The molecule has 19 heavy (non-hydrogen) atoms. The summed E-state index contributed by atoms with van der Waals surface area (Å²) in [5.74, 6) is -0.809. The lowest BCUT2D eigenvalue weighted by atomic mass is 10.2. The number of ketones is 1. The summed E-state index contributed by atoms with van der Waals surface area (Å²) in [6.07, 6.45) is 0. The van der Waals surface area contributed by atoms with E-state index >= 15 is 0 Å². The molecule has 0 amide bonds. The number of fused-ring (bicyclic) bond motifs is 1. The van der Waals surface area contributed by atoms with Crippen LogP contribution in [0.5, 0.6) is 0 Å². The normalized spacial score (nSPS) is 10.4. The summed E-state index contributed by atoms with van der Waals surface area (Å²) < 4.78 is 11.1. The van der Waals surface area contributed by atoms with Crippen molar-refractivity contribution < 1.29 is 18.7 Å². The topological polar surface area (TPSA) is 56.5 Å². The van der Waals surface area contributed by atoms with Gasteiger partial charge >= 0.3 is 5.97 Å². The fraction of sp³-hybridized carbons (Fsp3) is 0.143. The van der Waals surface area contributed by atoms with Gasteiger partial charge in [-0.3, -0.25) is 4.79 Å². The first-order valence-corrected chi connectivity index (χ1v) is 6.31. The summed E-state index contributed by atoms with van der Waals surface area (Å²) >= 11 is 3.34. The summed E-state index contributed by atoms with van der Waals surface area (Å²) in [7, 11) is 0. The molecule has 5 heteroatoms. The van der Waals surface area contributed by atoms with Crippen LogP contribution in [0.2, 0.25) is 0 Å². The van der Waals surface area contributed by atoms with Crippen LogP contribution in [0.3, 0.4) is 0 Å². The van der Waals surface area contributed by atoms with Gasteiger partial charge in [0.1, 0.15) is 5.58 Å². The zero-order valence-corrected chi connectivity index (χ0v) is 11.8. The molecular weight excluding hydrogens is 312 g/mol. The minimum absolute atomic E-state index is 0.169. The van der Waals surface area contributed by atoms with Crippen molar-refractivity contribution in [3.05, 3.63) is 46.7 Å². The Bertz CT molecular complexity index is 669. The van der Waals surface area contributed by atoms with E-state index in [-0.39, 0.29) is 23.7 Å². The minimum Gasteiger partial charge on any atom is -0.454 e. The molecule has 0 fully saturated rings. The van der Waals surface area contributed by atoms with Crippen LogP contribution >= 0.6 is 15.9 Å². The van der Waals surface area contributed by atoms with Crippen molar-refractivity contribution in [2.45, 2.75) is 6.92 Å². The number of furan rings is 1. The van der Waals surface area contributed by atoms with E-state index in [1.807, 2.05) is 12.1 Å². The van der Waals surface area contributed by atoms with Gasteiger partial charge in [0, 0.05) is 15.4 Å². The zero-order valence-electron chi connectivity index (χ0n) is 10.2. The van der Waals surface area contributed by atoms with Crippen LogP contribution in [0.4, 0.5) is 0 Å². The highest BCUT2D eigenvalue weighted by molar-refractivity contribution is 9.10. The third-order valence-electron chi connectivity index (χ3n) is 2.44. The van der Waals surface area contributed by atoms with Crippen molar-refractivity contribution in [1.82, 2.24) is 0 Å². The van der Waals surface area contributed by atoms with Crippen molar-refractivity contribution >= 4 is 38.7 Å². The van der Waals surface area contributed by atoms with E-state index in [0.29, 0.717) is 5.58 Å². The number of carbonyl (C=O) groups is 2. The van der Waals surface area contributed by atoms with Crippen LogP contribution in [-0.4, -0.2) is 18.4 Å². The number of esters is 1. The van der Waals surface area contributed by atoms with E-state index in [9.17, 15) is 9.59 Å². The van der Waals surface area contributed by atoms with Gasteiger partial charge in [0.2, 0.25) is 5.78 Å². The van der Waals surface area contributed by atoms with Crippen LogP contribution in [-0.2, 0) is 9.53 Å². The van der Waals surface area contributed by atoms with Crippen LogP contribution in [0, 0.1) is 0 Å². The molecule has 2 aromatic rings. The molecule has 0 aliphatic heterocycles. The minimum atomic E-state index is -0.591. The molecule has 98 valence electrons. The van der Waals surface area contributed by atoms with Gasteiger partial charge in [-0.25, -0.2) is 4.79 Å². The van der Waals surface area contributed by atoms with E-state index in [0.717, 1.165) is 9.86 Å². The molecule has 4 nitrogen and oxygen atoms in total. The molecule has 1 heterocycles. The van der Waals surface area contributed by atoms with Crippen LogP contribution < -0.4 is 0 Å². The molecule has 0 aliphatic carbocycles. The Hall–Kier alpha value is -1.88. The van der Waals surface area contributed by atoms with Gasteiger partial charge in [-0.1, -0.05) is 22.5 Å². The fourth-order valence-corrected chi connectivity index (χ4v) is 1.86. The number of benzene rings is 1. The number of hydrogen-bond donors (Lipinski definition) is 0. The first kappa shape index (κ1) is 13.5. The van der Waals surface area contributed by atoms with Gasteiger partial charge in [0.25, 0.3) is 0 Å². The molecule has 0 aliphatic rings. The third kappa shape index (κ3) is 3.12. The van der Waals surface area contributed by atoms with Crippen LogP contribution in [0.15, 0.2) is 45.3 Å². The van der Waals surface area contributed by atoms with E-state index in [4.69, 9.17) is 9.15 Å². The fourth-order valence-electron chi connectivity index (χ4n) is 1.48. The number of halogens is 1. The van der Waals surface area contributed by atoms with E-state index in [2.05, 4.69) is 22.5 Å². The largest absolute Gasteiger partial charge is 0.454 e. The molecular formula is C14H11BrO4. The first-order valence-electron chi connectivity index (χ1n) is 5.52. The second-order valence-corrected chi connectivity index (χ2v) is 4.99. The summed E-state index contributed by atoms with van der Waals surface area (Å²) in [5, 5.41) is 0.809. The van der Waals surface area contributed by atoms with Crippen LogP contribution in [0.25, 0.3) is 11.0 Å². The average molecular weight is 323 g/mol. The molecule has 0 atom stereocenters. The Morgan fingerprint density at radius 1 is 1.37 bits per heavy atom. The Morgan fingerprint density at radius 2 is 2.11 bits per heavy atom. The number of ether oxygens (including phenoxy) is 1. The van der Waals surface area contributed by atoms with Crippen molar-refractivity contribution in [2.75, 3.05) is 6.61 Å². The van der Waals surface area contributed by atoms with E-state index in [1.165, 1.54) is 6.92 Å². The zero-order chi connectivity index (χ0) is 14.0. The Kier molecular flexibility index (Phi) is 3.85. The molecule has 0 saturated heterocycles. The first-order chi connectivity index (χ1) is 8.97. The second kappa shape index (κ2) is 5.40. The predicted octanol–water partition coefficient (Wildman–Crippen LogP) is 3.50. The maximum atomic E-state index is 11.8. The molecule has 0 bridgehead atoms. The van der Waals surface area contributed by atoms with E-state index in [1.54, 1.807) is 12.1 Å². The molecule has 0 saturated carbocycles. The monoisotopic (exact) mass is 322 g/mol. The van der Waals surface area contributed by atoms with Gasteiger partial charge in [-0.05, 0) is 31.2 Å². The molecule has 0 spiro atoms. The number of Topliss-reactive ketones (excluding diaryl/α,β-unsaturated/α-hetero) is 1. The Labute approximate surface area is 118 Å². The summed E-state index contributed by atoms with van der Waals surface area (Å²) in [6, 6.07) is 7.05. The molecule has 0 N–H and O–H groups in total. The lowest BCUT2D eigenvalue weighted by Gasteiger charge is -2.01.